The van der Waals surface area contributed by atoms with Crippen LogP contribution < -0.4 is 15.4 Å². The molecular weight excluding hydrogens is 238 g/mol. The summed E-state index contributed by atoms with van der Waals surface area (Å²) in [5.74, 6) is 2.02. The normalized spacial score (nSPS) is 17.8. The topological polar surface area (TPSA) is 45.7 Å². The number of fused-ring (bicyclic) bond motifs is 1. The summed E-state index contributed by atoms with van der Waals surface area (Å²) in [6, 6.07) is 6.53. The molecule has 3 rings (SSSR count). The van der Waals surface area contributed by atoms with Gasteiger partial charge in [0.05, 0.1) is 6.61 Å². The molecule has 0 aromatic heterocycles. The quantitative estimate of drug-likeness (QED) is 0.864. The number of rotatable bonds is 3. The summed E-state index contributed by atoms with van der Waals surface area (Å²) in [5.41, 5.74) is 2.72. The third kappa shape index (κ3) is 3.19. The van der Waals surface area contributed by atoms with Gasteiger partial charge >= 0.3 is 0 Å². The van der Waals surface area contributed by atoms with Crippen molar-refractivity contribution < 1.29 is 4.74 Å². The molecule has 0 fully saturated rings. The van der Waals surface area contributed by atoms with E-state index in [4.69, 9.17) is 4.74 Å². The van der Waals surface area contributed by atoms with Gasteiger partial charge in [0, 0.05) is 26.1 Å². The van der Waals surface area contributed by atoms with Crippen LogP contribution in [0.2, 0.25) is 0 Å². The average Bonchev–Trinajstić information content (AvgIpc) is 2.74. The number of ether oxygens (including phenoxy) is 1. The van der Waals surface area contributed by atoms with Gasteiger partial charge in [0.15, 0.2) is 5.96 Å². The van der Waals surface area contributed by atoms with E-state index in [1.54, 1.807) is 0 Å². The first kappa shape index (κ1) is 12.3. The molecular formula is C15H21N3O. The highest BCUT2D eigenvalue weighted by Gasteiger charge is 2.11. The van der Waals surface area contributed by atoms with Crippen molar-refractivity contribution in [2.45, 2.75) is 25.7 Å². The molecule has 4 nitrogen and oxygen atoms in total. The summed E-state index contributed by atoms with van der Waals surface area (Å²) < 4.78 is 5.52. The van der Waals surface area contributed by atoms with Gasteiger partial charge in [-0.1, -0.05) is 12.1 Å². The van der Waals surface area contributed by atoms with Crippen LogP contribution >= 0.6 is 0 Å². The molecule has 2 heterocycles. The van der Waals surface area contributed by atoms with Gasteiger partial charge in [0.2, 0.25) is 0 Å². The number of guanidine groups is 1. The first-order valence-corrected chi connectivity index (χ1v) is 7.18. The maximum absolute atomic E-state index is 5.52. The molecule has 0 saturated carbocycles. The highest BCUT2D eigenvalue weighted by molar-refractivity contribution is 5.79. The summed E-state index contributed by atoms with van der Waals surface area (Å²) in [4.78, 5) is 4.49. The smallest absolute Gasteiger partial charge is 0.191 e. The number of aliphatic imine (C=N–C) groups is 1. The molecule has 0 aliphatic carbocycles. The number of hydrogen-bond acceptors (Lipinski definition) is 4. The molecule has 0 atom stereocenters. The van der Waals surface area contributed by atoms with E-state index in [2.05, 4.69) is 33.8 Å². The molecule has 4 heteroatoms. The van der Waals surface area contributed by atoms with Crippen molar-refractivity contribution in [1.82, 2.24) is 10.6 Å². The van der Waals surface area contributed by atoms with Crippen LogP contribution in [0.1, 0.15) is 24.0 Å². The van der Waals surface area contributed by atoms with Gasteiger partial charge < -0.3 is 15.4 Å². The van der Waals surface area contributed by atoms with Gasteiger partial charge in [-0.3, -0.25) is 4.99 Å². The lowest BCUT2D eigenvalue weighted by atomic mass is 10.1. The Labute approximate surface area is 114 Å². The summed E-state index contributed by atoms with van der Waals surface area (Å²) in [5, 5.41) is 6.71. The van der Waals surface area contributed by atoms with E-state index in [-0.39, 0.29) is 0 Å². The van der Waals surface area contributed by atoms with Gasteiger partial charge in [0.25, 0.3) is 0 Å². The molecule has 0 unspecified atom stereocenters. The molecule has 2 N–H and O–H groups in total. The molecule has 0 spiro atoms. The SMILES string of the molecule is c1cc2c(cc1CCNC1=NCCCCN1)CCO2. The summed E-state index contributed by atoms with van der Waals surface area (Å²) in [6.07, 6.45) is 4.46. The molecule has 0 saturated heterocycles. The Morgan fingerprint density at radius 2 is 2.32 bits per heavy atom. The molecule has 19 heavy (non-hydrogen) atoms. The van der Waals surface area contributed by atoms with Crippen LogP contribution in [0.5, 0.6) is 5.75 Å². The minimum absolute atomic E-state index is 0.831. The van der Waals surface area contributed by atoms with Crippen molar-refractivity contribution in [2.24, 2.45) is 4.99 Å². The molecule has 0 radical (unpaired) electrons. The standard InChI is InChI=1S/C15H21N3O/c1-2-8-17-15(16-7-1)18-9-5-12-3-4-14-13(11-12)6-10-19-14/h3-4,11H,1-2,5-10H2,(H2,16,17,18). The van der Waals surface area contributed by atoms with Crippen LogP contribution in [-0.4, -0.2) is 32.2 Å². The Morgan fingerprint density at radius 3 is 3.32 bits per heavy atom. The van der Waals surface area contributed by atoms with E-state index in [9.17, 15) is 0 Å². The van der Waals surface area contributed by atoms with Gasteiger partial charge in [0.1, 0.15) is 5.75 Å². The zero-order valence-electron chi connectivity index (χ0n) is 11.2. The van der Waals surface area contributed by atoms with E-state index < -0.39 is 0 Å². The Morgan fingerprint density at radius 1 is 1.32 bits per heavy atom. The molecule has 102 valence electrons. The zero-order valence-corrected chi connectivity index (χ0v) is 11.2. The highest BCUT2D eigenvalue weighted by atomic mass is 16.5. The lowest BCUT2D eigenvalue weighted by molar-refractivity contribution is 0.357. The number of nitrogens with zero attached hydrogens (tertiary/aromatic N) is 1. The van der Waals surface area contributed by atoms with Crippen molar-refractivity contribution in [2.75, 3.05) is 26.2 Å². The Hall–Kier alpha value is -1.71. The monoisotopic (exact) mass is 259 g/mol. The van der Waals surface area contributed by atoms with Gasteiger partial charge in [-0.05, 0) is 36.5 Å². The third-order valence-electron chi connectivity index (χ3n) is 3.61. The van der Waals surface area contributed by atoms with Crippen molar-refractivity contribution >= 4 is 5.96 Å². The molecule has 0 bridgehead atoms. The third-order valence-corrected chi connectivity index (χ3v) is 3.61. The maximum Gasteiger partial charge on any atom is 0.191 e. The van der Waals surface area contributed by atoms with E-state index in [1.165, 1.54) is 24.0 Å². The van der Waals surface area contributed by atoms with Crippen LogP contribution in [-0.2, 0) is 12.8 Å². The van der Waals surface area contributed by atoms with Crippen molar-refractivity contribution in [3.8, 4) is 5.75 Å². The van der Waals surface area contributed by atoms with Crippen LogP contribution in [0, 0.1) is 0 Å². The van der Waals surface area contributed by atoms with Gasteiger partial charge in [-0.2, -0.15) is 0 Å². The van der Waals surface area contributed by atoms with Gasteiger partial charge in [-0.25, -0.2) is 0 Å². The Bertz CT molecular complexity index is 470. The van der Waals surface area contributed by atoms with E-state index >= 15 is 0 Å². The van der Waals surface area contributed by atoms with E-state index in [0.717, 1.165) is 50.8 Å². The first-order valence-electron chi connectivity index (χ1n) is 7.18. The number of hydrogen-bond donors (Lipinski definition) is 2. The largest absolute Gasteiger partial charge is 0.493 e. The molecule has 1 aromatic carbocycles. The number of benzene rings is 1. The second-order valence-corrected chi connectivity index (χ2v) is 5.08. The van der Waals surface area contributed by atoms with Crippen molar-refractivity contribution in [1.29, 1.82) is 0 Å². The van der Waals surface area contributed by atoms with Crippen molar-refractivity contribution in [3.05, 3.63) is 29.3 Å². The lowest BCUT2D eigenvalue weighted by Gasteiger charge is -2.10. The molecule has 2 aliphatic heterocycles. The predicted molar refractivity (Wildman–Crippen MR) is 76.9 cm³/mol. The minimum atomic E-state index is 0.831. The maximum atomic E-state index is 5.52. The fraction of sp³-hybridized carbons (Fsp3) is 0.533. The Balaban J connectivity index is 1.50. The number of nitrogens with one attached hydrogen (secondary N) is 2. The summed E-state index contributed by atoms with van der Waals surface area (Å²) in [6.45, 7) is 3.72. The summed E-state index contributed by atoms with van der Waals surface area (Å²) >= 11 is 0. The van der Waals surface area contributed by atoms with Crippen molar-refractivity contribution in [3.63, 3.8) is 0 Å². The zero-order chi connectivity index (χ0) is 12.9. The predicted octanol–water partition coefficient (Wildman–Crippen LogP) is 1.49. The molecule has 1 aromatic rings. The molecule has 2 aliphatic rings. The first-order chi connectivity index (χ1) is 9.42. The average molecular weight is 259 g/mol. The second-order valence-electron chi connectivity index (χ2n) is 5.08. The minimum Gasteiger partial charge on any atom is -0.493 e. The Kier molecular flexibility index (Phi) is 3.86. The van der Waals surface area contributed by atoms with E-state index in [0.29, 0.717) is 0 Å². The van der Waals surface area contributed by atoms with Crippen LogP contribution in [0.25, 0.3) is 0 Å². The highest BCUT2D eigenvalue weighted by Crippen LogP contribution is 2.25. The van der Waals surface area contributed by atoms with E-state index in [1.807, 2.05) is 0 Å². The molecule has 0 amide bonds. The summed E-state index contributed by atoms with van der Waals surface area (Å²) in [7, 11) is 0. The second kappa shape index (κ2) is 5.95. The van der Waals surface area contributed by atoms with Crippen LogP contribution in [0.4, 0.5) is 0 Å². The van der Waals surface area contributed by atoms with Crippen LogP contribution in [0.15, 0.2) is 23.2 Å². The van der Waals surface area contributed by atoms with Crippen LogP contribution in [0.3, 0.4) is 0 Å². The lowest BCUT2D eigenvalue weighted by Crippen LogP contribution is -2.38. The van der Waals surface area contributed by atoms with Gasteiger partial charge in [-0.15, -0.1) is 0 Å². The fourth-order valence-electron chi connectivity index (χ4n) is 2.53. The fourth-order valence-corrected chi connectivity index (χ4v) is 2.53.